The Bertz CT molecular complexity index is 400. The van der Waals surface area contributed by atoms with Gasteiger partial charge in [-0.05, 0) is 31.3 Å². The molecule has 3 heteroatoms. The van der Waals surface area contributed by atoms with E-state index in [1.165, 1.54) is 0 Å². The van der Waals surface area contributed by atoms with Crippen molar-refractivity contribution < 1.29 is 0 Å². The van der Waals surface area contributed by atoms with Gasteiger partial charge in [0, 0.05) is 24.2 Å². The van der Waals surface area contributed by atoms with Crippen LogP contribution in [0.3, 0.4) is 0 Å². The largest absolute Gasteiger partial charge is 0.388 e. The van der Waals surface area contributed by atoms with Crippen LogP contribution < -0.4 is 5.32 Å². The summed E-state index contributed by atoms with van der Waals surface area (Å²) in [6.07, 6.45) is 14.6. The first kappa shape index (κ1) is 18.5. The Morgan fingerprint density at radius 2 is 2.20 bits per heavy atom. The Morgan fingerprint density at radius 1 is 1.45 bits per heavy atom. The summed E-state index contributed by atoms with van der Waals surface area (Å²) in [6, 6.07) is 2.21. The van der Waals surface area contributed by atoms with Gasteiger partial charge in [-0.1, -0.05) is 55.8 Å². The first-order valence-corrected chi connectivity index (χ1v) is 7.46. The first-order chi connectivity index (χ1) is 9.67. The van der Waals surface area contributed by atoms with E-state index in [-0.39, 0.29) is 0 Å². The number of nitriles is 1. The molecule has 0 saturated carbocycles. The number of halogens is 1. The van der Waals surface area contributed by atoms with E-state index in [9.17, 15) is 0 Å². The lowest BCUT2D eigenvalue weighted by Crippen LogP contribution is -2.03. The number of nitrogens with one attached hydrogen (secondary N) is 1. The zero-order valence-electron chi connectivity index (χ0n) is 12.5. The van der Waals surface area contributed by atoms with Gasteiger partial charge in [0.05, 0.1) is 6.07 Å². The monoisotopic (exact) mass is 292 g/mol. The highest BCUT2D eigenvalue weighted by molar-refractivity contribution is 6.31. The van der Waals surface area contributed by atoms with E-state index in [0.29, 0.717) is 17.4 Å². The topological polar surface area (TPSA) is 35.8 Å². The van der Waals surface area contributed by atoms with E-state index >= 15 is 0 Å². The normalized spacial score (nSPS) is 14.1. The number of allylic oxidation sites excluding steroid dienone is 6. The summed E-state index contributed by atoms with van der Waals surface area (Å²) in [5.74, 6) is 0.512. The smallest absolute Gasteiger partial charge is 0.0621 e. The van der Waals surface area contributed by atoms with Crippen LogP contribution in [0.1, 0.15) is 39.0 Å². The van der Waals surface area contributed by atoms with Gasteiger partial charge in [0.25, 0.3) is 0 Å². The Balaban J connectivity index is 4.44. The van der Waals surface area contributed by atoms with Crippen molar-refractivity contribution in [3.63, 3.8) is 0 Å². The quantitative estimate of drug-likeness (QED) is 0.451. The van der Waals surface area contributed by atoms with Crippen LogP contribution in [-0.2, 0) is 0 Å². The van der Waals surface area contributed by atoms with Crippen molar-refractivity contribution in [2.75, 3.05) is 7.05 Å². The Morgan fingerprint density at radius 3 is 2.75 bits per heavy atom. The fraction of sp³-hybridized carbons (Fsp3) is 0.471. The number of hydrogen-bond acceptors (Lipinski definition) is 2. The molecule has 1 unspecified atom stereocenters. The molecule has 0 aromatic carbocycles. The summed E-state index contributed by atoms with van der Waals surface area (Å²) in [6.45, 7) is 5.80. The van der Waals surface area contributed by atoms with Crippen molar-refractivity contribution >= 4 is 11.6 Å². The molecule has 2 nitrogen and oxygen atoms in total. The third kappa shape index (κ3) is 9.47. The van der Waals surface area contributed by atoms with Crippen LogP contribution in [0.15, 0.2) is 47.7 Å². The lowest BCUT2D eigenvalue weighted by Gasteiger charge is -2.08. The molecule has 1 N–H and O–H groups in total. The van der Waals surface area contributed by atoms with Crippen molar-refractivity contribution in [1.82, 2.24) is 5.32 Å². The van der Waals surface area contributed by atoms with Gasteiger partial charge in [0.15, 0.2) is 0 Å². The maximum absolute atomic E-state index is 8.65. The molecule has 1 atom stereocenters. The summed E-state index contributed by atoms with van der Waals surface area (Å²) in [7, 11) is 1.87. The Hall–Kier alpha value is -1.46. The van der Waals surface area contributed by atoms with Crippen LogP contribution >= 0.6 is 11.6 Å². The van der Waals surface area contributed by atoms with Crippen LogP contribution in [0.5, 0.6) is 0 Å². The van der Waals surface area contributed by atoms with Crippen molar-refractivity contribution in [1.29, 1.82) is 5.26 Å². The molecule has 110 valence electrons. The minimum absolute atomic E-state index is 0.512. The van der Waals surface area contributed by atoms with Crippen molar-refractivity contribution in [3.05, 3.63) is 47.7 Å². The van der Waals surface area contributed by atoms with Gasteiger partial charge in [-0.15, -0.1) is 0 Å². The van der Waals surface area contributed by atoms with Crippen LogP contribution in [0, 0.1) is 17.2 Å². The van der Waals surface area contributed by atoms with Crippen molar-refractivity contribution in [2.24, 2.45) is 5.92 Å². The van der Waals surface area contributed by atoms with Crippen LogP contribution in [0.4, 0.5) is 0 Å². The molecule has 0 radical (unpaired) electrons. The minimum atomic E-state index is 0.512. The molecule has 0 amide bonds. The molecule has 0 aromatic heterocycles. The van der Waals surface area contributed by atoms with Gasteiger partial charge < -0.3 is 5.32 Å². The fourth-order valence-corrected chi connectivity index (χ4v) is 1.98. The number of hydrogen-bond donors (Lipinski definition) is 1. The van der Waals surface area contributed by atoms with Gasteiger partial charge >= 0.3 is 0 Å². The molecular formula is C17H25ClN2. The lowest BCUT2D eigenvalue weighted by atomic mass is 9.97. The predicted molar refractivity (Wildman–Crippen MR) is 88.3 cm³/mol. The van der Waals surface area contributed by atoms with E-state index in [0.717, 1.165) is 31.4 Å². The molecule has 0 bridgehead atoms. The van der Waals surface area contributed by atoms with Crippen LogP contribution in [0.25, 0.3) is 0 Å². The maximum atomic E-state index is 8.65. The number of nitrogens with zero attached hydrogens (tertiary/aromatic N) is 1. The van der Waals surface area contributed by atoms with Gasteiger partial charge in [-0.25, -0.2) is 0 Å². The van der Waals surface area contributed by atoms with Crippen molar-refractivity contribution in [3.8, 4) is 6.07 Å². The van der Waals surface area contributed by atoms with E-state index in [2.05, 4.69) is 43.1 Å². The highest BCUT2D eigenvalue weighted by Crippen LogP contribution is 2.15. The number of rotatable bonds is 10. The van der Waals surface area contributed by atoms with Crippen molar-refractivity contribution in [2.45, 2.75) is 39.0 Å². The van der Waals surface area contributed by atoms with E-state index in [1.807, 2.05) is 13.1 Å². The predicted octanol–water partition coefficient (Wildman–Crippen LogP) is 5.06. The summed E-state index contributed by atoms with van der Waals surface area (Å²) in [5.41, 5.74) is 0.976. The number of likely N-dealkylation sites (N-methyl/N-ethyl adjacent to an activating group) is 1. The third-order valence-electron chi connectivity index (χ3n) is 2.95. The molecule has 0 heterocycles. The maximum Gasteiger partial charge on any atom is 0.0621 e. The summed E-state index contributed by atoms with van der Waals surface area (Å²) < 4.78 is 0. The molecule has 0 rings (SSSR count). The standard InChI is InChI=1S/C17H25ClN2/c1-4-9-15(11-8-13-19)10-6-7-12-17(20-3)14-16(18)5-2/h5-6,10,12,14-15,20H,2,4,7-9,11H2,1,3H3/b10-6+,16-14+,17-12+. The van der Waals surface area contributed by atoms with Crippen LogP contribution in [0.2, 0.25) is 0 Å². The first-order valence-electron chi connectivity index (χ1n) is 7.09. The summed E-state index contributed by atoms with van der Waals surface area (Å²) in [4.78, 5) is 0. The fourth-order valence-electron chi connectivity index (χ4n) is 1.86. The SMILES string of the molecule is C=C/C(Cl)=C\C(=C/C/C=C/C(CCC)CCC#N)NC. The highest BCUT2D eigenvalue weighted by Gasteiger charge is 2.02. The van der Waals surface area contributed by atoms with Gasteiger partial charge in [-0.2, -0.15) is 5.26 Å². The molecule has 20 heavy (non-hydrogen) atoms. The average molecular weight is 293 g/mol. The molecule has 0 fully saturated rings. The second kappa shape index (κ2) is 12.6. The minimum Gasteiger partial charge on any atom is -0.388 e. The Kier molecular flexibility index (Phi) is 11.7. The van der Waals surface area contributed by atoms with Gasteiger partial charge in [0.2, 0.25) is 0 Å². The molecule has 0 aliphatic rings. The van der Waals surface area contributed by atoms with Gasteiger partial charge in [-0.3, -0.25) is 0 Å². The van der Waals surface area contributed by atoms with E-state index < -0.39 is 0 Å². The van der Waals surface area contributed by atoms with E-state index in [4.69, 9.17) is 16.9 Å². The van der Waals surface area contributed by atoms with Crippen LogP contribution in [-0.4, -0.2) is 7.05 Å². The molecule has 0 spiro atoms. The molecule has 0 aromatic rings. The highest BCUT2D eigenvalue weighted by atomic mass is 35.5. The molecule has 0 aliphatic carbocycles. The second-order valence-corrected chi connectivity index (χ2v) is 4.99. The molecular weight excluding hydrogens is 268 g/mol. The summed E-state index contributed by atoms with van der Waals surface area (Å²) in [5, 5.41) is 12.4. The van der Waals surface area contributed by atoms with Gasteiger partial charge in [0.1, 0.15) is 0 Å². The Labute approximate surface area is 128 Å². The summed E-state index contributed by atoms with van der Waals surface area (Å²) >= 11 is 5.91. The lowest BCUT2D eigenvalue weighted by molar-refractivity contribution is 0.543. The molecule has 0 saturated heterocycles. The average Bonchev–Trinajstić information content (AvgIpc) is 2.47. The second-order valence-electron chi connectivity index (χ2n) is 4.55. The van der Waals surface area contributed by atoms with E-state index in [1.54, 1.807) is 6.08 Å². The zero-order chi connectivity index (χ0) is 15.2. The zero-order valence-corrected chi connectivity index (χ0v) is 13.3. The molecule has 0 aliphatic heterocycles. The third-order valence-corrected chi connectivity index (χ3v) is 3.21.